The molecule has 1 aliphatic carbocycles. The van der Waals surface area contributed by atoms with Gasteiger partial charge in [0.2, 0.25) is 0 Å². The van der Waals surface area contributed by atoms with Gasteiger partial charge in [-0.1, -0.05) is 18.6 Å². The van der Waals surface area contributed by atoms with E-state index in [9.17, 15) is 0 Å². The Morgan fingerprint density at radius 3 is 2.47 bits per heavy atom. The Morgan fingerprint density at radius 2 is 1.84 bits per heavy atom. The summed E-state index contributed by atoms with van der Waals surface area (Å²) in [6.45, 7) is 1.17. The number of benzene rings is 1. The summed E-state index contributed by atoms with van der Waals surface area (Å²) < 4.78 is 0. The molecule has 2 unspecified atom stereocenters. The number of likely N-dealkylation sites (tertiary alicyclic amines) is 1. The zero-order valence-corrected chi connectivity index (χ0v) is 11.3. The van der Waals surface area contributed by atoms with Crippen LogP contribution in [0.2, 0.25) is 0 Å². The molecule has 0 aromatic heterocycles. The normalized spacial score (nSPS) is 28.6. The molecule has 100 valence electrons. The Hall–Kier alpha value is -1.37. The molecule has 3 heteroatoms. The molecular weight excluding hydrogens is 234 g/mol. The molecule has 2 fully saturated rings. The molecule has 1 saturated heterocycles. The second-order valence-corrected chi connectivity index (χ2v) is 5.81. The van der Waals surface area contributed by atoms with Gasteiger partial charge in [0.15, 0.2) is 0 Å². The monoisotopic (exact) mass is 255 g/mol. The van der Waals surface area contributed by atoms with Crippen molar-refractivity contribution in [2.24, 2.45) is 5.73 Å². The van der Waals surface area contributed by atoms with Crippen LogP contribution in [0, 0.1) is 11.3 Å². The zero-order chi connectivity index (χ0) is 13.2. The van der Waals surface area contributed by atoms with Gasteiger partial charge in [0.1, 0.15) is 0 Å². The summed E-state index contributed by atoms with van der Waals surface area (Å²) >= 11 is 0. The zero-order valence-electron chi connectivity index (χ0n) is 11.3. The molecule has 0 amide bonds. The summed E-state index contributed by atoms with van der Waals surface area (Å²) in [4.78, 5) is 2.61. The van der Waals surface area contributed by atoms with Gasteiger partial charge in [-0.25, -0.2) is 0 Å². The second-order valence-electron chi connectivity index (χ2n) is 5.81. The average Bonchev–Trinajstić information content (AvgIpc) is 3.26. The largest absolute Gasteiger partial charge is 0.326 e. The molecule has 1 aromatic rings. The summed E-state index contributed by atoms with van der Waals surface area (Å²) in [5.41, 5.74) is 8.43. The maximum Gasteiger partial charge on any atom is 0.0991 e. The highest BCUT2D eigenvalue weighted by Gasteiger charge is 2.38. The van der Waals surface area contributed by atoms with E-state index in [1.807, 2.05) is 12.1 Å². The van der Waals surface area contributed by atoms with Crippen LogP contribution in [-0.4, -0.2) is 23.5 Å². The van der Waals surface area contributed by atoms with E-state index in [0.29, 0.717) is 6.04 Å². The molecule has 3 rings (SSSR count). The number of nitrogens with zero attached hydrogens (tertiary/aromatic N) is 2. The number of hydrogen-bond donors (Lipinski definition) is 1. The molecule has 2 N–H and O–H groups in total. The Morgan fingerprint density at radius 1 is 1.11 bits per heavy atom. The van der Waals surface area contributed by atoms with Gasteiger partial charge in [-0.05, 0) is 49.9 Å². The maximum absolute atomic E-state index is 8.90. The van der Waals surface area contributed by atoms with Crippen LogP contribution in [0.4, 0.5) is 0 Å². The highest BCUT2D eigenvalue weighted by Crippen LogP contribution is 2.38. The first-order chi connectivity index (χ1) is 9.29. The van der Waals surface area contributed by atoms with Crippen LogP contribution in [0.3, 0.4) is 0 Å². The van der Waals surface area contributed by atoms with Crippen molar-refractivity contribution in [3.63, 3.8) is 0 Å². The van der Waals surface area contributed by atoms with Crippen LogP contribution in [-0.2, 0) is 0 Å². The summed E-state index contributed by atoms with van der Waals surface area (Å²) in [5.74, 6) is 0. The van der Waals surface area contributed by atoms with E-state index in [4.69, 9.17) is 11.0 Å². The third-order valence-electron chi connectivity index (χ3n) is 4.36. The molecule has 19 heavy (non-hydrogen) atoms. The molecule has 0 radical (unpaired) electrons. The average molecular weight is 255 g/mol. The maximum atomic E-state index is 8.90. The molecule has 1 aromatic carbocycles. The van der Waals surface area contributed by atoms with Gasteiger partial charge in [-0.3, -0.25) is 4.90 Å². The van der Waals surface area contributed by atoms with Crippen molar-refractivity contribution in [1.82, 2.24) is 4.90 Å². The van der Waals surface area contributed by atoms with Gasteiger partial charge in [0.25, 0.3) is 0 Å². The van der Waals surface area contributed by atoms with E-state index in [1.165, 1.54) is 37.8 Å². The van der Waals surface area contributed by atoms with Gasteiger partial charge in [0.05, 0.1) is 17.7 Å². The van der Waals surface area contributed by atoms with Crippen molar-refractivity contribution >= 4 is 0 Å². The first-order valence-corrected chi connectivity index (χ1v) is 7.31. The van der Waals surface area contributed by atoms with Gasteiger partial charge in [-0.15, -0.1) is 0 Å². The molecule has 1 heterocycles. The number of hydrogen-bond acceptors (Lipinski definition) is 3. The van der Waals surface area contributed by atoms with Crippen molar-refractivity contribution in [1.29, 1.82) is 5.26 Å². The predicted molar refractivity (Wildman–Crippen MR) is 75.5 cm³/mol. The highest BCUT2D eigenvalue weighted by atomic mass is 15.2. The van der Waals surface area contributed by atoms with Crippen LogP contribution < -0.4 is 5.73 Å². The lowest BCUT2D eigenvalue weighted by Gasteiger charge is -2.34. The van der Waals surface area contributed by atoms with Crippen molar-refractivity contribution in [3.8, 4) is 6.07 Å². The standard InChI is InChI=1S/C16H21N3/c17-11-12-4-6-13(7-5-12)16-15(18)3-1-2-10-19(16)14-8-9-14/h4-7,14-16H,1-3,8-10,18H2. The lowest BCUT2D eigenvalue weighted by molar-refractivity contribution is 0.175. The minimum Gasteiger partial charge on any atom is -0.326 e. The third kappa shape index (κ3) is 2.65. The summed E-state index contributed by atoms with van der Waals surface area (Å²) in [5, 5.41) is 8.90. The van der Waals surface area contributed by atoms with E-state index in [0.717, 1.165) is 18.0 Å². The molecule has 0 bridgehead atoms. The highest BCUT2D eigenvalue weighted by molar-refractivity contribution is 5.33. The van der Waals surface area contributed by atoms with E-state index in [2.05, 4.69) is 23.1 Å². The van der Waals surface area contributed by atoms with E-state index < -0.39 is 0 Å². The fourth-order valence-corrected chi connectivity index (χ4v) is 3.23. The minimum absolute atomic E-state index is 0.219. The van der Waals surface area contributed by atoms with E-state index in [-0.39, 0.29) is 6.04 Å². The molecule has 0 spiro atoms. The number of rotatable bonds is 2. The molecule has 1 aliphatic heterocycles. The predicted octanol–water partition coefficient (Wildman–Crippen LogP) is 2.57. The first kappa shape index (κ1) is 12.7. The summed E-state index contributed by atoms with van der Waals surface area (Å²) in [7, 11) is 0. The van der Waals surface area contributed by atoms with Crippen molar-refractivity contribution < 1.29 is 0 Å². The van der Waals surface area contributed by atoms with Crippen LogP contribution in [0.25, 0.3) is 0 Å². The van der Waals surface area contributed by atoms with Crippen molar-refractivity contribution in [3.05, 3.63) is 35.4 Å². The van der Waals surface area contributed by atoms with Gasteiger partial charge >= 0.3 is 0 Å². The van der Waals surface area contributed by atoms with Crippen LogP contribution >= 0.6 is 0 Å². The Kier molecular flexibility index (Phi) is 3.54. The summed E-state index contributed by atoms with van der Waals surface area (Å²) in [6, 6.07) is 11.5. The fourth-order valence-electron chi connectivity index (χ4n) is 3.23. The number of nitriles is 1. The molecular formula is C16H21N3. The van der Waals surface area contributed by atoms with Crippen LogP contribution in [0.5, 0.6) is 0 Å². The topological polar surface area (TPSA) is 53.1 Å². The van der Waals surface area contributed by atoms with Gasteiger partial charge < -0.3 is 5.73 Å². The Balaban J connectivity index is 1.89. The van der Waals surface area contributed by atoms with E-state index in [1.54, 1.807) is 0 Å². The van der Waals surface area contributed by atoms with E-state index >= 15 is 0 Å². The van der Waals surface area contributed by atoms with Crippen LogP contribution in [0.15, 0.2) is 24.3 Å². The Labute approximate surface area is 115 Å². The lowest BCUT2D eigenvalue weighted by Crippen LogP contribution is -2.41. The molecule has 2 atom stereocenters. The van der Waals surface area contributed by atoms with Gasteiger partial charge in [0, 0.05) is 12.1 Å². The Bertz CT molecular complexity index is 470. The number of nitrogens with two attached hydrogens (primary N) is 1. The van der Waals surface area contributed by atoms with Crippen molar-refractivity contribution in [2.45, 2.75) is 50.2 Å². The van der Waals surface area contributed by atoms with Gasteiger partial charge in [-0.2, -0.15) is 5.26 Å². The quantitative estimate of drug-likeness (QED) is 0.883. The third-order valence-corrected chi connectivity index (χ3v) is 4.36. The lowest BCUT2D eigenvalue weighted by atomic mass is 9.95. The minimum atomic E-state index is 0.219. The fraction of sp³-hybridized carbons (Fsp3) is 0.562. The van der Waals surface area contributed by atoms with Crippen LogP contribution in [0.1, 0.15) is 49.3 Å². The second kappa shape index (κ2) is 5.32. The molecule has 2 aliphatic rings. The molecule has 3 nitrogen and oxygen atoms in total. The van der Waals surface area contributed by atoms with Crippen molar-refractivity contribution in [2.75, 3.05) is 6.54 Å². The smallest absolute Gasteiger partial charge is 0.0991 e. The first-order valence-electron chi connectivity index (χ1n) is 7.31. The molecule has 1 saturated carbocycles. The summed E-state index contributed by atoms with van der Waals surface area (Å²) in [6.07, 6.45) is 6.24. The SMILES string of the molecule is N#Cc1ccc(C2C(N)CCCCN2C2CC2)cc1.